The first-order valence-corrected chi connectivity index (χ1v) is 8.95. The molecule has 0 spiro atoms. The van der Waals surface area contributed by atoms with E-state index in [9.17, 15) is 0 Å². The topological polar surface area (TPSA) is 41.4 Å². The van der Waals surface area contributed by atoms with Gasteiger partial charge in [-0.05, 0) is 52.9 Å². The Kier molecular flexibility index (Phi) is 5.33. The van der Waals surface area contributed by atoms with Gasteiger partial charge in [0.1, 0.15) is 5.82 Å². The molecule has 1 saturated heterocycles. The Morgan fingerprint density at radius 2 is 2.22 bits per heavy atom. The van der Waals surface area contributed by atoms with Crippen LogP contribution in [0.3, 0.4) is 0 Å². The van der Waals surface area contributed by atoms with E-state index in [1.54, 1.807) is 12.4 Å². The Balaban J connectivity index is 1.70. The zero-order valence-corrected chi connectivity index (χ0v) is 15.5. The van der Waals surface area contributed by atoms with Crippen molar-refractivity contribution in [2.45, 2.75) is 24.7 Å². The highest BCUT2D eigenvalue weighted by Gasteiger charge is 2.17. The van der Waals surface area contributed by atoms with Gasteiger partial charge in [0.15, 0.2) is 5.82 Å². The molecule has 1 atom stereocenters. The number of piperidine rings is 1. The van der Waals surface area contributed by atoms with Gasteiger partial charge in [0.05, 0.1) is 4.90 Å². The molecule has 0 unspecified atom stereocenters. The molecule has 0 bridgehead atoms. The van der Waals surface area contributed by atoms with E-state index in [0.29, 0.717) is 5.82 Å². The van der Waals surface area contributed by atoms with Crippen LogP contribution in [0.5, 0.6) is 0 Å². The van der Waals surface area contributed by atoms with Gasteiger partial charge in [0, 0.05) is 41.7 Å². The number of aliphatic imine (C=N–C) groups is 1. The lowest BCUT2D eigenvalue weighted by Gasteiger charge is -2.31. The molecular formula is C17H19BrN4S. The van der Waals surface area contributed by atoms with Gasteiger partial charge in [-0.15, -0.1) is 12.6 Å². The Bertz CT molecular complexity index is 702. The molecule has 0 saturated carbocycles. The summed E-state index contributed by atoms with van der Waals surface area (Å²) in [7, 11) is 0. The number of nitrogens with zero attached hydrogens (tertiary/aromatic N) is 4. The minimum atomic E-state index is 0.602. The Morgan fingerprint density at radius 3 is 2.91 bits per heavy atom. The number of anilines is 1. The molecule has 3 rings (SSSR count). The zero-order chi connectivity index (χ0) is 16.2. The minimum absolute atomic E-state index is 0.602. The summed E-state index contributed by atoms with van der Waals surface area (Å²) in [5.74, 6) is 2.39. The molecule has 0 radical (unpaired) electrons. The van der Waals surface area contributed by atoms with Crippen molar-refractivity contribution in [3.05, 3.63) is 40.6 Å². The average molecular weight is 391 g/mol. The molecule has 4 nitrogen and oxygen atoms in total. The summed E-state index contributed by atoms with van der Waals surface area (Å²) in [4.78, 5) is 16.3. The lowest BCUT2D eigenvalue weighted by atomic mass is 10.0. The largest absolute Gasteiger partial charge is 0.356 e. The Hall–Kier alpha value is -1.40. The van der Waals surface area contributed by atoms with E-state index in [1.807, 2.05) is 18.3 Å². The fourth-order valence-electron chi connectivity index (χ4n) is 2.71. The summed E-state index contributed by atoms with van der Waals surface area (Å²) in [5.41, 5.74) is 0.955. The van der Waals surface area contributed by atoms with Gasteiger partial charge in [-0.3, -0.25) is 0 Å². The molecule has 0 N–H and O–H groups in total. The van der Waals surface area contributed by atoms with Gasteiger partial charge >= 0.3 is 0 Å². The van der Waals surface area contributed by atoms with Crippen molar-refractivity contribution in [1.82, 2.24) is 9.97 Å². The second-order valence-corrected chi connectivity index (χ2v) is 7.30. The van der Waals surface area contributed by atoms with Crippen LogP contribution < -0.4 is 4.90 Å². The molecule has 3 heterocycles. The van der Waals surface area contributed by atoms with Crippen LogP contribution in [-0.2, 0) is 0 Å². The summed E-state index contributed by atoms with van der Waals surface area (Å²) in [6.07, 6.45) is 7.89. The highest BCUT2D eigenvalue weighted by atomic mass is 79.9. The van der Waals surface area contributed by atoms with Crippen molar-refractivity contribution in [3.8, 4) is 0 Å². The van der Waals surface area contributed by atoms with E-state index in [1.165, 1.54) is 12.8 Å². The Morgan fingerprint density at radius 1 is 1.35 bits per heavy atom. The molecule has 1 aliphatic heterocycles. The maximum atomic E-state index is 4.57. The number of hydrogen-bond acceptors (Lipinski definition) is 5. The van der Waals surface area contributed by atoms with E-state index < -0.39 is 0 Å². The Labute approximate surface area is 150 Å². The van der Waals surface area contributed by atoms with Gasteiger partial charge in [-0.1, -0.05) is 6.92 Å². The average Bonchev–Trinajstić information content (AvgIpc) is 2.54. The summed E-state index contributed by atoms with van der Waals surface area (Å²) >= 11 is 7.74. The third-order valence-corrected chi connectivity index (χ3v) is 4.66. The third-order valence-electron chi connectivity index (χ3n) is 3.90. The van der Waals surface area contributed by atoms with Crippen LogP contribution in [-0.4, -0.2) is 29.3 Å². The van der Waals surface area contributed by atoms with E-state index >= 15 is 0 Å². The van der Waals surface area contributed by atoms with Crippen molar-refractivity contribution in [2.75, 3.05) is 18.0 Å². The van der Waals surface area contributed by atoms with E-state index in [-0.39, 0.29) is 0 Å². The molecule has 2 aromatic heterocycles. The number of thiol groups is 1. The molecule has 2 aromatic rings. The van der Waals surface area contributed by atoms with Crippen LogP contribution in [0, 0.1) is 5.92 Å². The first-order chi connectivity index (χ1) is 11.1. The molecule has 1 fully saturated rings. The van der Waals surface area contributed by atoms with Crippen LogP contribution in [0.15, 0.2) is 45.0 Å². The van der Waals surface area contributed by atoms with Gasteiger partial charge in [-0.2, -0.15) is 0 Å². The summed E-state index contributed by atoms with van der Waals surface area (Å²) in [6.45, 7) is 4.48. The summed E-state index contributed by atoms with van der Waals surface area (Å²) < 4.78 is 0.892. The van der Waals surface area contributed by atoms with Gasteiger partial charge in [0.2, 0.25) is 0 Å². The summed E-state index contributed by atoms with van der Waals surface area (Å²) in [5, 5.41) is 0. The first kappa shape index (κ1) is 16.5. The van der Waals surface area contributed by atoms with Crippen LogP contribution in [0.4, 0.5) is 11.6 Å². The lowest BCUT2D eigenvalue weighted by Crippen LogP contribution is -2.34. The van der Waals surface area contributed by atoms with Crippen molar-refractivity contribution in [3.63, 3.8) is 0 Å². The molecule has 0 aliphatic carbocycles. The van der Waals surface area contributed by atoms with Crippen molar-refractivity contribution >= 4 is 46.4 Å². The fraction of sp³-hybridized carbons (Fsp3) is 0.353. The van der Waals surface area contributed by atoms with Crippen LogP contribution >= 0.6 is 28.6 Å². The van der Waals surface area contributed by atoms with Crippen LogP contribution in [0.2, 0.25) is 0 Å². The van der Waals surface area contributed by atoms with Crippen molar-refractivity contribution in [2.24, 2.45) is 10.9 Å². The number of pyridine rings is 2. The van der Waals surface area contributed by atoms with Gasteiger partial charge in [-0.25, -0.2) is 15.0 Å². The quantitative estimate of drug-likeness (QED) is 0.618. The van der Waals surface area contributed by atoms with Crippen molar-refractivity contribution in [1.29, 1.82) is 0 Å². The van der Waals surface area contributed by atoms with Crippen LogP contribution in [0.25, 0.3) is 0 Å². The predicted molar refractivity (Wildman–Crippen MR) is 101 cm³/mol. The predicted octanol–water partition coefficient (Wildman–Crippen LogP) is 4.51. The fourth-order valence-corrected chi connectivity index (χ4v) is 3.48. The van der Waals surface area contributed by atoms with E-state index in [4.69, 9.17) is 0 Å². The number of hydrogen-bond donors (Lipinski definition) is 1. The zero-order valence-electron chi connectivity index (χ0n) is 13.0. The molecule has 1 aliphatic rings. The third kappa shape index (κ3) is 4.32. The molecular weight excluding hydrogens is 372 g/mol. The molecule has 23 heavy (non-hydrogen) atoms. The summed E-state index contributed by atoms with van der Waals surface area (Å²) in [6, 6.07) is 5.99. The van der Waals surface area contributed by atoms with Crippen molar-refractivity contribution < 1.29 is 0 Å². The van der Waals surface area contributed by atoms with E-state index in [2.05, 4.69) is 61.4 Å². The normalized spacial score (nSPS) is 18.6. The highest BCUT2D eigenvalue weighted by Crippen LogP contribution is 2.24. The van der Waals surface area contributed by atoms with Gasteiger partial charge < -0.3 is 4.90 Å². The maximum Gasteiger partial charge on any atom is 0.165 e. The van der Waals surface area contributed by atoms with Gasteiger partial charge in [0.25, 0.3) is 0 Å². The smallest absolute Gasteiger partial charge is 0.165 e. The second-order valence-electron chi connectivity index (χ2n) is 5.90. The molecule has 0 aromatic carbocycles. The number of aromatic nitrogens is 2. The highest BCUT2D eigenvalue weighted by molar-refractivity contribution is 9.10. The minimum Gasteiger partial charge on any atom is -0.356 e. The number of halogens is 1. The monoisotopic (exact) mass is 390 g/mol. The standard InChI is InChI=1S/C17H19BrN4S/c1-12-3-2-6-22(11-12)16-5-4-13(8-19-16)9-20-17-15(23)7-14(18)10-21-17/h4-5,7-10,12,23H,2-3,6,11H2,1H3/b20-9+/t12-/m1/s1. The SMILES string of the molecule is C[C@@H]1CCCN(c2ccc(/C=N/c3ncc(Br)cc3S)cn2)C1. The number of rotatable bonds is 3. The van der Waals surface area contributed by atoms with E-state index in [0.717, 1.165) is 39.8 Å². The second kappa shape index (κ2) is 7.45. The lowest BCUT2D eigenvalue weighted by molar-refractivity contribution is 0.444. The first-order valence-electron chi connectivity index (χ1n) is 7.71. The molecule has 6 heteroatoms. The van der Waals surface area contributed by atoms with Crippen LogP contribution in [0.1, 0.15) is 25.3 Å². The molecule has 0 amide bonds. The molecule has 120 valence electrons. The maximum absolute atomic E-state index is 4.57.